The fourth-order valence-electron chi connectivity index (χ4n) is 2.98. The molecule has 1 aliphatic heterocycles. The van der Waals surface area contributed by atoms with Crippen molar-refractivity contribution in [1.82, 2.24) is 4.90 Å². The Kier molecular flexibility index (Phi) is 9.04. The number of ether oxygens (including phenoxy) is 2. The smallest absolute Gasteiger partial charge is 0.294 e. The lowest BCUT2D eigenvalue weighted by Gasteiger charge is -2.14. The van der Waals surface area contributed by atoms with E-state index < -0.39 is 17.1 Å². The summed E-state index contributed by atoms with van der Waals surface area (Å²) in [5.41, 5.74) is 1.18. The van der Waals surface area contributed by atoms with Crippen molar-refractivity contribution in [3.05, 3.63) is 55.5 Å². The van der Waals surface area contributed by atoms with E-state index in [1.54, 1.807) is 36.4 Å². The van der Waals surface area contributed by atoms with Crippen molar-refractivity contribution in [1.29, 1.82) is 0 Å². The van der Waals surface area contributed by atoms with E-state index in [0.717, 1.165) is 26.7 Å². The summed E-state index contributed by atoms with van der Waals surface area (Å²) >= 11 is 8.87. The average molecular weight is 601 g/mol. The summed E-state index contributed by atoms with van der Waals surface area (Å²) in [5, 5.41) is 2.60. The lowest BCUT2D eigenvalue weighted by Crippen LogP contribution is -2.36. The van der Waals surface area contributed by atoms with Crippen LogP contribution in [0.25, 0.3) is 6.08 Å². The lowest BCUT2D eigenvalue weighted by molar-refractivity contribution is -0.127. The molecular formula is C23H22ClIN2O5S. The second-order valence-electron chi connectivity index (χ2n) is 6.94. The van der Waals surface area contributed by atoms with Crippen molar-refractivity contribution in [3.63, 3.8) is 0 Å². The number of rotatable bonds is 9. The highest BCUT2D eigenvalue weighted by atomic mass is 127. The number of hydrogen-bond donors (Lipinski definition) is 1. The summed E-state index contributed by atoms with van der Waals surface area (Å²) < 4.78 is 12.4. The van der Waals surface area contributed by atoms with E-state index in [4.69, 9.17) is 21.1 Å². The summed E-state index contributed by atoms with van der Waals surface area (Å²) in [4.78, 5) is 38.8. The molecule has 2 aromatic carbocycles. The van der Waals surface area contributed by atoms with E-state index in [1.165, 1.54) is 0 Å². The van der Waals surface area contributed by atoms with Crippen LogP contribution in [0.1, 0.15) is 25.8 Å². The summed E-state index contributed by atoms with van der Waals surface area (Å²) in [6.45, 7) is 4.53. The number of carbonyl (C=O) groups is 3. The van der Waals surface area contributed by atoms with Crippen molar-refractivity contribution in [3.8, 4) is 11.5 Å². The van der Waals surface area contributed by atoms with E-state index in [9.17, 15) is 14.4 Å². The molecule has 10 heteroatoms. The molecule has 174 valence electrons. The van der Waals surface area contributed by atoms with E-state index in [1.807, 2.05) is 19.9 Å². The van der Waals surface area contributed by atoms with Crippen molar-refractivity contribution < 1.29 is 23.9 Å². The maximum atomic E-state index is 12.8. The van der Waals surface area contributed by atoms with Gasteiger partial charge in [-0.1, -0.05) is 24.6 Å². The van der Waals surface area contributed by atoms with Crippen LogP contribution in [0.5, 0.6) is 11.5 Å². The highest BCUT2D eigenvalue weighted by molar-refractivity contribution is 14.1. The first-order valence-corrected chi connectivity index (χ1v) is 12.5. The second-order valence-corrected chi connectivity index (χ2v) is 9.53. The summed E-state index contributed by atoms with van der Waals surface area (Å²) in [5.74, 6) is 0.211. The minimum absolute atomic E-state index is 0.232. The zero-order chi connectivity index (χ0) is 24.0. The van der Waals surface area contributed by atoms with Crippen molar-refractivity contribution in [2.24, 2.45) is 0 Å². The molecule has 0 bridgehead atoms. The van der Waals surface area contributed by atoms with E-state index in [0.29, 0.717) is 41.0 Å². The molecule has 1 aliphatic rings. The predicted octanol–water partition coefficient (Wildman–Crippen LogP) is 5.81. The van der Waals surface area contributed by atoms with Crippen LogP contribution in [0.3, 0.4) is 0 Å². The number of imide groups is 1. The highest BCUT2D eigenvalue weighted by Gasteiger charge is 2.36. The zero-order valence-corrected chi connectivity index (χ0v) is 21.8. The first kappa shape index (κ1) is 25.4. The fraction of sp³-hybridized carbons (Fsp3) is 0.261. The summed E-state index contributed by atoms with van der Waals surface area (Å²) in [6.07, 6.45) is 2.48. The van der Waals surface area contributed by atoms with Gasteiger partial charge < -0.3 is 14.8 Å². The van der Waals surface area contributed by atoms with Crippen LogP contribution in [0.4, 0.5) is 10.5 Å². The number of halogens is 2. The minimum Gasteiger partial charge on any atom is -0.490 e. The van der Waals surface area contributed by atoms with Gasteiger partial charge >= 0.3 is 0 Å². The number of anilines is 1. The van der Waals surface area contributed by atoms with Gasteiger partial charge in [-0.25, -0.2) is 0 Å². The van der Waals surface area contributed by atoms with Crippen LogP contribution in [-0.2, 0) is 9.59 Å². The van der Waals surface area contributed by atoms with E-state index >= 15 is 0 Å². The maximum Gasteiger partial charge on any atom is 0.294 e. The number of benzene rings is 2. The molecule has 0 aliphatic carbocycles. The van der Waals surface area contributed by atoms with Gasteiger partial charge in [-0.3, -0.25) is 19.3 Å². The standard InChI is InChI=1S/C23H22ClIN2O5S/c1-3-8-32-21-17(25)9-14(10-18(21)31-4-2)11-19-22(29)27(23(30)33-19)13-20(28)26-16-7-5-6-15(24)12-16/h5-7,9-12H,3-4,8,13H2,1-2H3,(H,26,28)/b19-11-. The van der Waals surface area contributed by atoms with Crippen LogP contribution >= 0.6 is 46.0 Å². The maximum absolute atomic E-state index is 12.8. The molecular weight excluding hydrogens is 579 g/mol. The highest BCUT2D eigenvalue weighted by Crippen LogP contribution is 2.37. The van der Waals surface area contributed by atoms with Gasteiger partial charge in [0, 0.05) is 10.7 Å². The summed E-state index contributed by atoms with van der Waals surface area (Å²) in [6, 6.07) is 10.3. The number of thioether (sulfide) groups is 1. The fourth-order valence-corrected chi connectivity index (χ4v) is 4.79. The van der Waals surface area contributed by atoms with Crippen LogP contribution < -0.4 is 14.8 Å². The first-order chi connectivity index (χ1) is 15.8. The SMILES string of the molecule is CCCOc1c(I)cc(/C=C2\SC(=O)N(CC(=O)Nc3cccc(Cl)c3)C2=O)cc1OCC. The molecule has 0 aromatic heterocycles. The van der Waals surface area contributed by atoms with Gasteiger partial charge in [0.25, 0.3) is 11.1 Å². The molecule has 1 N–H and O–H groups in total. The van der Waals surface area contributed by atoms with Crippen molar-refractivity contribution in [2.75, 3.05) is 25.1 Å². The molecule has 3 amide bonds. The first-order valence-electron chi connectivity index (χ1n) is 10.2. The van der Waals surface area contributed by atoms with Crippen molar-refractivity contribution in [2.45, 2.75) is 20.3 Å². The molecule has 0 unspecified atom stereocenters. The van der Waals surface area contributed by atoms with Gasteiger partial charge in [-0.05, 0) is 89.7 Å². The molecule has 1 saturated heterocycles. The normalized spacial score (nSPS) is 14.7. The molecule has 0 atom stereocenters. The number of carbonyl (C=O) groups excluding carboxylic acids is 3. The van der Waals surface area contributed by atoms with Crippen LogP contribution in [-0.4, -0.2) is 41.7 Å². The predicted molar refractivity (Wildman–Crippen MR) is 139 cm³/mol. The van der Waals surface area contributed by atoms with Crippen molar-refractivity contribution >= 4 is 74.8 Å². The Bertz CT molecular complexity index is 1110. The van der Waals surface area contributed by atoms with Gasteiger partial charge in [0.15, 0.2) is 11.5 Å². The largest absolute Gasteiger partial charge is 0.490 e. The second kappa shape index (κ2) is 11.8. The van der Waals surface area contributed by atoms with Crippen LogP contribution in [0, 0.1) is 3.57 Å². The van der Waals surface area contributed by atoms with Gasteiger partial charge in [-0.2, -0.15) is 0 Å². The Labute approximate surface area is 215 Å². The Hall–Kier alpha value is -2.24. The van der Waals surface area contributed by atoms with Crippen LogP contribution in [0.15, 0.2) is 41.3 Å². The quantitative estimate of drug-likeness (QED) is 0.289. The van der Waals surface area contributed by atoms with Gasteiger partial charge in [0.2, 0.25) is 5.91 Å². The monoisotopic (exact) mass is 600 g/mol. The van der Waals surface area contributed by atoms with E-state index in [-0.39, 0.29) is 11.4 Å². The molecule has 1 heterocycles. The molecule has 0 spiro atoms. The van der Waals surface area contributed by atoms with Gasteiger partial charge in [0.1, 0.15) is 6.54 Å². The number of hydrogen-bond acceptors (Lipinski definition) is 6. The molecule has 0 saturated carbocycles. The van der Waals surface area contributed by atoms with Gasteiger partial charge in [0.05, 0.1) is 21.7 Å². The summed E-state index contributed by atoms with van der Waals surface area (Å²) in [7, 11) is 0. The molecule has 1 fully saturated rings. The van der Waals surface area contributed by atoms with E-state index in [2.05, 4.69) is 27.9 Å². The third kappa shape index (κ3) is 6.64. The Morgan fingerprint density at radius 1 is 1.21 bits per heavy atom. The molecule has 0 radical (unpaired) electrons. The molecule has 2 aromatic rings. The molecule has 7 nitrogen and oxygen atoms in total. The Morgan fingerprint density at radius 3 is 2.70 bits per heavy atom. The molecule has 3 rings (SSSR count). The minimum atomic E-state index is -0.523. The average Bonchev–Trinajstić information content (AvgIpc) is 3.00. The molecule has 33 heavy (non-hydrogen) atoms. The van der Waals surface area contributed by atoms with Crippen LogP contribution in [0.2, 0.25) is 5.02 Å². The van der Waals surface area contributed by atoms with Gasteiger partial charge in [-0.15, -0.1) is 0 Å². The number of amides is 3. The topological polar surface area (TPSA) is 84.9 Å². The Balaban J connectivity index is 1.76. The lowest BCUT2D eigenvalue weighted by atomic mass is 10.2. The third-order valence-corrected chi connectivity index (χ3v) is 6.31. The third-order valence-electron chi connectivity index (χ3n) is 4.36. The zero-order valence-electron chi connectivity index (χ0n) is 18.0. The number of nitrogens with zero attached hydrogens (tertiary/aromatic N) is 1. The Morgan fingerprint density at radius 2 is 2.00 bits per heavy atom. The number of nitrogens with one attached hydrogen (secondary N) is 1.